The molecular formula is C20H16FN3O2S. The average molecular weight is 381 g/mol. The second-order valence-electron chi connectivity index (χ2n) is 5.98. The number of hydrogen-bond donors (Lipinski definition) is 2. The highest BCUT2D eigenvalue weighted by molar-refractivity contribution is 7.17. The second kappa shape index (κ2) is 6.85. The van der Waals surface area contributed by atoms with Crippen LogP contribution in [-0.2, 0) is 0 Å². The molecule has 0 saturated carbocycles. The minimum absolute atomic E-state index is 0.264. The number of carbonyl (C=O) groups is 1. The van der Waals surface area contributed by atoms with Crippen LogP contribution in [0.3, 0.4) is 0 Å². The number of H-pyrrole nitrogens is 1. The number of rotatable bonds is 4. The van der Waals surface area contributed by atoms with Crippen molar-refractivity contribution in [2.45, 2.75) is 6.92 Å². The van der Waals surface area contributed by atoms with Gasteiger partial charge in [-0.1, -0.05) is 12.1 Å². The van der Waals surface area contributed by atoms with Crippen molar-refractivity contribution in [3.8, 4) is 16.3 Å². The molecule has 2 N–H and O–H groups in total. The molecule has 0 aliphatic rings. The lowest BCUT2D eigenvalue weighted by atomic mass is 10.2. The van der Waals surface area contributed by atoms with Gasteiger partial charge in [-0.25, -0.2) is 9.37 Å². The van der Waals surface area contributed by atoms with E-state index in [4.69, 9.17) is 4.74 Å². The number of aryl methyl sites for hydroxylation is 1. The van der Waals surface area contributed by atoms with E-state index in [1.807, 2.05) is 30.5 Å². The van der Waals surface area contributed by atoms with Crippen molar-refractivity contribution in [1.82, 2.24) is 9.97 Å². The summed E-state index contributed by atoms with van der Waals surface area (Å²) < 4.78 is 19.6. The molecule has 1 amide bonds. The first-order valence-corrected chi connectivity index (χ1v) is 9.07. The Hall–Kier alpha value is -3.19. The summed E-state index contributed by atoms with van der Waals surface area (Å²) in [6.07, 6.45) is 1.84. The summed E-state index contributed by atoms with van der Waals surface area (Å²) in [5, 5.41) is 4.35. The van der Waals surface area contributed by atoms with E-state index >= 15 is 0 Å². The van der Waals surface area contributed by atoms with E-state index in [0.29, 0.717) is 27.0 Å². The highest BCUT2D eigenvalue weighted by atomic mass is 32.1. The van der Waals surface area contributed by atoms with Crippen molar-refractivity contribution in [2.75, 3.05) is 12.4 Å². The lowest BCUT2D eigenvalue weighted by molar-refractivity contribution is 0.103. The molecule has 0 aliphatic carbocycles. The number of hydrogen-bond acceptors (Lipinski definition) is 4. The average Bonchev–Trinajstić information content (AvgIpc) is 3.27. The Morgan fingerprint density at radius 1 is 1.26 bits per heavy atom. The molecule has 0 atom stereocenters. The van der Waals surface area contributed by atoms with Gasteiger partial charge in [0.1, 0.15) is 21.5 Å². The van der Waals surface area contributed by atoms with E-state index in [9.17, 15) is 9.18 Å². The molecule has 27 heavy (non-hydrogen) atoms. The van der Waals surface area contributed by atoms with Gasteiger partial charge in [0.15, 0.2) is 0 Å². The molecule has 7 heteroatoms. The fourth-order valence-electron chi connectivity index (χ4n) is 2.91. The molecule has 2 heterocycles. The zero-order valence-electron chi connectivity index (χ0n) is 14.7. The van der Waals surface area contributed by atoms with Gasteiger partial charge in [-0.15, -0.1) is 11.3 Å². The molecule has 0 saturated heterocycles. The molecule has 2 aromatic carbocycles. The highest BCUT2D eigenvalue weighted by Crippen LogP contribution is 2.36. The van der Waals surface area contributed by atoms with E-state index in [1.165, 1.54) is 13.2 Å². The normalized spacial score (nSPS) is 10.9. The maximum Gasteiger partial charge on any atom is 0.267 e. The number of fused-ring (bicyclic) bond motifs is 1. The Balaban J connectivity index is 1.66. The predicted molar refractivity (Wildman–Crippen MR) is 105 cm³/mol. The van der Waals surface area contributed by atoms with Gasteiger partial charge in [-0.3, -0.25) is 4.79 Å². The number of ether oxygens (including phenoxy) is 1. The van der Waals surface area contributed by atoms with E-state index in [2.05, 4.69) is 15.3 Å². The number of methoxy groups -OCH3 is 1. The molecule has 0 spiro atoms. The largest absolute Gasteiger partial charge is 0.496 e. The Morgan fingerprint density at radius 2 is 2.11 bits per heavy atom. The van der Waals surface area contributed by atoms with Crippen molar-refractivity contribution < 1.29 is 13.9 Å². The summed E-state index contributed by atoms with van der Waals surface area (Å²) >= 11 is 1.14. The van der Waals surface area contributed by atoms with Gasteiger partial charge in [0.2, 0.25) is 0 Å². The van der Waals surface area contributed by atoms with Crippen LogP contribution in [0.25, 0.3) is 21.5 Å². The predicted octanol–water partition coefficient (Wildman–Crippen LogP) is 5.00. The molecule has 0 radical (unpaired) electrons. The number of amides is 1. The van der Waals surface area contributed by atoms with E-state index in [-0.39, 0.29) is 11.5 Å². The smallest absolute Gasteiger partial charge is 0.267 e. The molecule has 0 fully saturated rings. The third-order valence-corrected chi connectivity index (χ3v) is 5.40. The quantitative estimate of drug-likeness (QED) is 0.523. The molecule has 136 valence electrons. The van der Waals surface area contributed by atoms with Crippen LogP contribution in [0.4, 0.5) is 10.1 Å². The number of nitrogens with one attached hydrogen (secondary N) is 2. The topological polar surface area (TPSA) is 67.0 Å². The van der Waals surface area contributed by atoms with Gasteiger partial charge < -0.3 is 15.0 Å². The van der Waals surface area contributed by atoms with E-state index < -0.39 is 5.82 Å². The summed E-state index contributed by atoms with van der Waals surface area (Å²) in [6, 6.07) is 12.2. The number of nitrogens with zero attached hydrogens (tertiary/aromatic N) is 1. The first kappa shape index (κ1) is 17.2. The number of anilines is 1. The van der Waals surface area contributed by atoms with Crippen LogP contribution < -0.4 is 10.1 Å². The summed E-state index contributed by atoms with van der Waals surface area (Å²) in [6.45, 7) is 1.73. The monoisotopic (exact) mass is 381 g/mol. The van der Waals surface area contributed by atoms with E-state index in [0.717, 1.165) is 22.2 Å². The van der Waals surface area contributed by atoms with Crippen LogP contribution in [0, 0.1) is 12.7 Å². The maximum atomic E-state index is 14.3. The standard InChI is InChI=1S/C20H16FN3O2S/c1-11-18(19(25)24-13-7-6-12-8-9-22-15(12)10-13)27-20(23-11)17-14(21)4-3-5-16(17)26-2/h3-10,22H,1-2H3,(H,24,25). The van der Waals surface area contributed by atoms with Gasteiger partial charge in [0.25, 0.3) is 5.91 Å². The number of aromatic nitrogens is 2. The van der Waals surface area contributed by atoms with Crippen LogP contribution in [0.15, 0.2) is 48.7 Å². The third kappa shape index (κ3) is 3.17. The van der Waals surface area contributed by atoms with Crippen molar-refractivity contribution >= 4 is 33.8 Å². The van der Waals surface area contributed by atoms with Crippen molar-refractivity contribution in [3.05, 3.63) is 65.0 Å². The zero-order valence-corrected chi connectivity index (χ0v) is 15.5. The molecule has 2 aromatic heterocycles. The molecule has 5 nitrogen and oxygen atoms in total. The Morgan fingerprint density at radius 3 is 2.93 bits per heavy atom. The lowest BCUT2D eigenvalue weighted by Gasteiger charge is -2.06. The van der Waals surface area contributed by atoms with Gasteiger partial charge in [-0.05, 0) is 42.6 Å². The highest BCUT2D eigenvalue weighted by Gasteiger charge is 2.21. The Labute approximate surface area is 158 Å². The summed E-state index contributed by atoms with van der Waals surface area (Å²) in [5.74, 6) is -0.336. The summed E-state index contributed by atoms with van der Waals surface area (Å²) in [5.41, 5.74) is 2.41. The summed E-state index contributed by atoms with van der Waals surface area (Å²) in [4.78, 5) is 20.6. The molecule has 4 rings (SSSR count). The van der Waals surface area contributed by atoms with Crippen LogP contribution in [0.2, 0.25) is 0 Å². The lowest BCUT2D eigenvalue weighted by Crippen LogP contribution is -2.11. The molecule has 4 aromatic rings. The van der Waals surface area contributed by atoms with Crippen LogP contribution in [-0.4, -0.2) is 23.0 Å². The van der Waals surface area contributed by atoms with Crippen LogP contribution in [0.1, 0.15) is 15.4 Å². The molecule has 0 unspecified atom stereocenters. The SMILES string of the molecule is COc1cccc(F)c1-c1nc(C)c(C(=O)Nc2ccc3cc[nH]c3c2)s1. The van der Waals surface area contributed by atoms with Gasteiger partial charge in [-0.2, -0.15) is 0 Å². The van der Waals surface area contributed by atoms with Crippen LogP contribution in [0.5, 0.6) is 5.75 Å². The zero-order chi connectivity index (χ0) is 19.0. The Kier molecular flexibility index (Phi) is 4.37. The van der Waals surface area contributed by atoms with Crippen LogP contribution >= 0.6 is 11.3 Å². The number of carbonyl (C=O) groups excluding carboxylic acids is 1. The maximum absolute atomic E-state index is 14.3. The van der Waals surface area contributed by atoms with Gasteiger partial charge in [0, 0.05) is 17.4 Å². The fourth-order valence-corrected chi connectivity index (χ4v) is 3.92. The van der Waals surface area contributed by atoms with Gasteiger partial charge >= 0.3 is 0 Å². The minimum Gasteiger partial charge on any atom is -0.496 e. The second-order valence-corrected chi connectivity index (χ2v) is 6.98. The summed E-state index contributed by atoms with van der Waals surface area (Å²) in [7, 11) is 1.48. The number of benzene rings is 2. The molecule has 0 bridgehead atoms. The number of thiazole rings is 1. The third-order valence-electron chi connectivity index (χ3n) is 4.22. The Bertz CT molecular complexity index is 1150. The molecule has 0 aliphatic heterocycles. The van der Waals surface area contributed by atoms with Crippen molar-refractivity contribution in [1.29, 1.82) is 0 Å². The van der Waals surface area contributed by atoms with Crippen molar-refractivity contribution in [3.63, 3.8) is 0 Å². The first-order chi connectivity index (χ1) is 13.1. The minimum atomic E-state index is -0.438. The fraction of sp³-hybridized carbons (Fsp3) is 0.100. The first-order valence-electron chi connectivity index (χ1n) is 8.25. The van der Waals surface area contributed by atoms with Crippen molar-refractivity contribution in [2.24, 2.45) is 0 Å². The molecular weight excluding hydrogens is 365 g/mol. The van der Waals surface area contributed by atoms with E-state index in [1.54, 1.807) is 19.1 Å². The number of aromatic amines is 1. The van der Waals surface area contributed by atoms with Gasteiger partial charge in [0.05, 0.1) is 18.4 Å². The number of halogens is 1.